The summed E-state index contributed by atoms with van der Waals surface area (Å²) in [6, 6.07) is 7.59. The molecule has 0 bridgehead atoms. The van der Waals surface area contributed by atoms with Gasteiger partial charge in [-0.3, -0.25) is 0 Å². The molecule has 0 saturated heterocycles. The quantitative estimate of drug-likeness (QED) is 0.822. The van der Waals surface area contributed by atoms with Gasteiger partial charge in [-0.05, 0) is 42.5 Å². The van der Waals surface area contributed by atoms with Gasteiger partial charge in [-0.15, -0.1) is 0 Å². The van der Waals surface area contributed by atoms with Gasteiger partial charge in [0.2, 0.25) is 0 Å². The van der Waals surface area contributed by atoms with Crippen LogP contribution in [0.2, 0.25) is 0 Å². The van der Waals surface area contributed by atoms with Crippen LogP contribution in [-0.4, -0.2) is 10.1 Å². The first kappa shape index (κ1) is 11.9. The highest BCUT2D eigenvalue weighted by molar-refractivity contribution is 5.60. The number of benzene rings is 1. The van der Waals surface area contributed by atoms with Crippen molar-refractivity contribution in [1.82, 2.24) is 10.1 Å². The highest BCUT2D eigenvalue weighted by Gasteiger charge is 2.49. The maximum Gasteiger partial charge on any atom is 0.258 e. The molecule has 3 rings (SSSR count). The van der Waals surface area contributed by atoms with Crippen LogP contribution in [-0.2, 0) is 0 Å². The molecule has 0 N–H and O–H groups in total. The number of rotatable bonds is 2. The molecule has 1 aromatic carbocycles. The van der Waals surface area contributed by atoms with Crippen molar-refractivity contribution < 1.29 is 4.52 Å². The Morgan fingerprint density at radius 1 is 1.42 bits per heavy atom. The largest absolute Gasteiger partial charge is 0.334 e. The Labute approximate surface area is 112 Å². The number of hydrogen-bond donors (Lipinski definition) is 0. The molecule has 0 aliphatic heterocycles. The van der Waals surface area contributed by atoms with Gasteiger partial charge in [0.1, 0.15) is 0 Å². The Kier molecular flexibility index (Phi) is 2.46. The summed E-state index contributed by atoms with van der Waals surface area (Å²) in [5.41, 5.74) is 2.81. The molecule has 1 aromatic heterocycles. The topological polar surface area (TPSA) is 62.7 Å². The molecule has 4 heteroatoms. The van der Waals surface area contributed by atoms with Gasteiger partial charge in [-0.2, -0.15) is 10.2 Å². The SMILES string of the molecule is Cc1cc(C#N)ccc1-c1nc(C2CC2(C)C)no1. The van der Waals surface area contributed by atoms with Crippen LogP contribution >= 0.6 is 0 Å². The predicted octanol–water partition coefficient (Wildman–Crippen LogP) is 3.43. The Balaban J connectivity index is 1.93. The maximum atomic E-state index is 8.86. The molecule has 1 saturated carbocycles. The average Bonchev–Trinajstić information content (AvgIpc) is 2.81. The van der Waals surface area contributed by atoms with Crippen LogP contribution in [0.15, 0.2) is 22.7 Å². The summed E-state index contributed by atoms with van der Waals surface area (Å²) >= 11 is 0. The minimum Gasteiger partial charge on any atom is -0.334 e. The molecule has 0 radical (unpaired) electrons. The molecular formula is C15H15N3O. The summed E-state index contributed by atoms with van der Waals surface area (Å²) in [6.07, 6.45) is 1.11. The van der Waals surface area contributed by atoms with Crippen LogP contribution in [0.25, 0.3) is 11.5 Å². The minimum atomic E-state index is 0.293. The molecule has 1 aliphatic carbocycles. The molecule has 1 aliphatic rings. The number of nitrogens with zero attached hydrogens (tertiary/aromatic N) is 3. The summed E-state index contributed by atoms with van der Waals surface area (Å²) in [6.45, 7) is 6.36. The highest BCUT2D eigenvalue weighted by Crippen LogP contribution is 2.57. The van der Waals surface area contributed by atoms with Crippen molar-refractivity contribution in [2.24, 2.45) is 5.41 Å². The lowest BCUT2D eigenvalue weighted by atomic mass is 10.1. The molecule has 0 amide bonds. The van der Waals surface area contributed by atoms with Crippen molar-refractivity contribution in [2.75, 3.05) is 0 Å². The third-order valence-electron chi connectivity index (χ3n) is 3.85. The summed E-state index contributed by atoms with van der Waals surface area (Å²) in [7, 11) is 0. The van der Waals surface area contributed by atoms with Gasteiger partial charge in [-0.25, -0.2) is 0 Å². The van der Waals surface area contributed by atoms with E-state index in [0.717, 1.165) is 23.4 Å². The monoisotopic (exact) mass is 253 g/mol. The second-order valence-electron chi connectivity index (χ2n) is 5.84. The fraction of sp³-hybridized carbons (Fsp3) is 0.400. The second-order valence-corrected chi connectivity index (χ2v) is 5.84. The van der Waals surface area contributed by atoms with E-state index in [9.17, 15) is 0 Å². The van der Waals surface area contributed by atoms with E-state index in [1.54, 1.807) is 6.07 Å². The van der Waals surface area contributed by atoms with Gasteiger partial charge < -0.3 is 4.52 Å². The van der Waals surface area contributed by atoms with Crippen molar-refractivity contribution in [3.63, 3.8) is 0 Å². The van der Waals surface area contributed by atoms with Crippen molar-refractivity contribution in [3.05, 3.63) is 35.2 Å². The predicted molar refractivity (Wildman–Crippen MR) is 70.3 cm³/mol. The lowest BCUT2D eigenvalue weighted by molar-refractivity contribution is 0.419. The molecule has 96 valence electrons. The lowest BCUT2D eigenvalue weighted by Gasteiger charge is -2.00. The normalized spacial score (nSPS) is 20.0. The van der Waals surface area contributed by atoms with Crippen molar-refractivity contribution in [3.8, 4) is 17.5 Å². The number of aromatic nitrogens is 2. The molecule has 19 heavy (non-hydrogen) atoms. The summed E-state index contributed by atoms with van der Waals surface area (Å²) in [4.78, 5) is 4.49. The second kappa shape index (κ2) is 3.92. The molecule has 0 spiro atoms. The zero-order valence-corrected chi connectivity index (χ0v) is 11.3. The van der Waals surface area contributed by atoms with E-state index in [-0.39, 0.29) is 0 Å². The zero-order chi connectivity index (χ0) is 13.6. The van der Waals surface area contributed by atoms with Crippen LogP contribution in [0.1, 0.15) is 43.1 Å². The van der Waals surface area contributed by atoms with Crippen molar-refractivity contribution >= 4 is 0 Å². The van der Waals surface area contributed by atoms with Gasteiger partial charge in [0.05, 0.1) is 11.6 Å². The third-order valence-corrected chi connectivity index (χ3v) is 3.85. The van der Waals surface area contributed by atoms with E-state index in [1.807, 2.05) is 19.1 Å². The number of aryl methyl sites for hydroxylation is 1. The van der Waals surface area contributed by atoms with E-state index >= 15 is 0 Å². The van der Waals surface area contributed by atoms with Gasteiger partial charge >= 0.3 is 0 Å². The maximum absolute atomic E-state index is 8.86. The summed E-state index contributed by atoms with van der Waals surface area (Å²) < 4.78 is 5.36. The van der Waals surface area contributed by atoms with Crippen molar-refractivity contribution in [2.45, 2.75) is 33.1 Å². The summed E-state index contributed by atoms with van der Waals surface area (Å²) in [5.74, 6) is 1.74. The van der Waals surface area contributed by atoms with Crippen LogP contribution in [0.3, 0.4) is 0 Å². The number of hydrogen-bond acceptors (Lipinski definition) is 4. The summed E-state index contributed by atoms with van der Waals surface area (Å²) in [5, 5.41) is 12.9. The number of nitriles is 1. The van der Waals surface area contributed by atoms with E-state index in [0.29, 0.717) is 22.8 Å². The van der Waals surface area contributed by atoms with Crippen LogP contribution in [0.4, 0.5) is 0 Å². The molecule has 1 heterocycles. The highest BCUT2D eigenvalue weighted by atomic mass is 16.5. The minimum absolute atomic E-state index is 0.293. The van der Waals surface area contributed by atoms with Crippen molar-refractivity contribution in [1.29, 1.82) is 5.26 Å². The molecule has 1 atom stereocenters. The van der Waals surface area contributed by atoms with Crippen LogP contribution < -0.4 is 0 Å². The molecule has 4 nitrogen and oxygen atoms in total. The van der Waals surface area contributed by atoms with Gasteiger partial charge in [0, 0.05) is 11.5 Å². The standard InChI is InChI=1S/C15H15N3O/c1-9-6-10(8-16)4-5-11(9)14-17-13(18-19-14)12-7-15(12,2)3/h4-6,12H,7H2,1-3H3. The Bertz CT molecular complexity index is 679. The fourth-order valence-corrected chi connectivity index (χ4v) is 2.37. The molecule has 1 fully saturated rings. The third kappa shape index (κ3) is 2.01. The first-order valence-electron chi connectivity index (χ1n) is 6.36. The van der Waals surface area contributed by atoms with Gasteiger partial charge in [-0.1, -0.05) is 19.0 Å². The van der Waals surface area contributed by atoms with E-state index in [4.69, 9.17) is 9.78 Å². The Hall–Kier alpha value is -2.15. The Morgan fingerprint density at radius 2 is 2.16 bits per heavy atom. The lowest BCUT2D eigenvalue weighted by Crippen LogP contribution is -1.92. The van der Waals surface area contributed by atoms with Gasteiger partial charge in [0.15, 0.2) is 5.82 Å². The van der Waals surface area contributed by atoms with Crippen LogP contribution in [0.5, 0.6) is 0 Å². The Morgan fingerprint density at radius 3 is 2.74 bits per heavy atom. The van der Waals surface area contributed by atoms with E-state index in [1.165, 1.54) is 0 Å². The fourth-order valence-electron chi connectivity index (χ4n) is 2.37. The first-order chi connectivity index (χ1) is 9.01. The van der Waals surface area contributed by atoms with Gasteiger partial charge in [0.25, 0.3) is 5.89 Å². The smallest absolute Gasteiger partial charge is 0.258 e. The van der Waals surface area contributed by atoms with E-state index in [2.05, 4.69) is 30.1 Å². The molecule has 1 unspecified atom stereocenters. The zero-order valence-electron chi connectivity index (χ0n) is 11.3. The van der Waals surface area contributed by atoms with Crippen LogP contribution in [0, 0.1) is 23.7 Å². The molecule has 2 aromatic rings. The molecular weight excluding hydrogens is 238 g/mol. The average molecular weight is 253 g/mol. The first-order valence-corrected chi connectivity index (χ1v) is 6.36. The van der Waals surface area contributed by atoms with E-state index < -0.39 is 0 Å².